The van der Waals surface area contributed by atoms with E-state index in [9.17, 15) is 26.4 Å². The number of nitrogens with zero attached hydrogens (tertiary/aromatic N) is 4. The zero-order valence-corrected chi connectivity index (χ0v) is 22.7. The van der Waals surface area contributed by atoms with Crippen molar-refractivity contribution in [3.05, 3.63) is 71.2 Å². The number of aromatic nitrogens is 3. The van der Waals surface area contributed by atoms with Crippen LogP contribution in [0.5, 0.6) is 0 Å². The molecule has 1 fully saturated rings. The zero-order valence-electron chi connectivity index (χ0n) is 21.9. The summed E-state index contributed by atoms with van der Waals surface area (Å²) >= 11 is 0. The van der Waals surface area contributed by atoms with Crippen LogP contribution < -0.4 is 14.9 Å². The maximum atomic E-state index is 13.8. The molecule has 0 spiro atoms. The van der Waals surface area contributed by atoms with E-state index in [1.807, 2.05) is 0 Å². The lowest BCUT2D eigenvalue weighted by molar-refractivity contribution is -0.138. The molecule has 0 atom stereocenters. The second kappa shape index (κ2) is 12.2. The highest BCUT2D eigenvalue weighted by atomic mass is 32.2. The molecule has 4 rings (SSSR count). The van der Waals surface area contributed by atoms with Crippen LogP contribution in [0.3, 0.4) is 0 Å². The molecule has 0 bridgehead atoms. The largest absolute Gasteiger partial charge is 0.419 e. The molecular weight excluding hydrogens is 549 g/mol. The van der Waals surface area contributed by atoms with Crippen LogP contribution in [0.4, 0.5) is 30.6 Å². The van der Waals surface area contributed by atoms with Gasteiger partial charge in [0.2, 0.25) is 16.0 Å². The van der Waals surface area contributed by atoms with Crippen molar-refractivity contribution in [2.45, 2.75) is 37.9 Å². The molecule has 1 amide bonds. The molecular formula is C26H29F3N6O4S. The predicted molar refractivity (Wildman–Crippen MR) is 143 cm³/mol. The maximum absolute atomic E-state index is 13.8. The summed E-state index contributed by atoms with van der Waals surface area (Å²) in [5.74, 6) is -0.220. The fourth-order valence-electron chi connectivity index (χ4n) is 4.20. The second-order valence-electron chi connectivity index (χ2n) is 9.33. The number of alkyl halides is 3. The van der Waals surface area contributed by atoms with Crippen molar-refractivity contribution < 1.29 is 31.1 Å². The van der Waals surface area contributed by atoms with Crippen molar-refractivity contribution in [2.24, 2.45) is 0 Å². The number of nitrogens with one attached hydrogen (secondary N) is 2. The summed E-state index contributed by atoms with van der Waals surface area (Å²) in [7, 11) is -2.30. The zero-order chi connectivity index (χ0) is 28.9. The molecule has 1 aliphatic rings. The Balaban J connectivity index is 1.54. The molecule has 3 heterocycles. The van der Waals surface area contributed by atoms with E-state index in [1.54, 1.807) is 36.4 Å². The smallest absolute Gasteiger partial charge is 0.381 e. The number of amides is 1. The molecule has 2 aromatic heterocycles. The van der Waals surface area contributed by atoms with Gasteiger partial charge in [-0.05, 0) is 55.5 Å². The Labute approximate surface area is 230 Å². The van der Waals surface area contributed by atoms with Gasteiger partial charge in [0.05, 0.1) is 17.5 Å². The standard InChI is InChI=1S/C26H29F3N6O4S/c1-35(40(2,37)38)23-17(6-4-12-30-23)8-9-22-21(26(27,28)29)16-31-25(34-22)33-20-7-3-5-18(15-20)24(36)32-19-10-13-39-14-11-19/h3-7,12,15-16,19H,8-11,13-14H2,1-2H3,(H,32,36)(H,31,33,34). The first kappa shape index (κ1) is 29.2. The van der Waals surface area contributed by atoms with Crippen molar-refractivity contribution >= 4 is 33.4 Å². The first-order valence-corrected chi connectivity index (χ1v) is 14.3. The third-order valence-corrected chi connectivity index (χ3v) is 7.57. The summed E-state index contributed by atoms with van der Waals surface area (Å²) in [6, 6.07) is 9.70. The van der Waals surface area contributed by atoms with Crippen LogP contribution in [-0.4, -0.2) is 61.8 Å². The van der Waals surface area contributed by atoms with E-state index in [-0.39, 0.29) is 42.3 Å². The van der Waals surface area contributed by atoms with Gasteiger partial charge in [0, 0.05) is 49.9 Å². The van der Waals surface area contributed by atoms with Crippen molar-refractivity contribution in [1.82, 2.24) is 20.3 Å². The summed E-state index contributed by atoms with van der Waals surface area (Å²) in [6.07, 6.45) is -0.240. The number of anilines is 3. The lowest BCUT2D eigenvalue weighted by Crippen LogP contribution is -2.38. The third-order valence-electron chi connectivity index (χ3n) is 6.40. The lowest BCUT2D eigenvalue weighted by Gasteiger charge is -2.23. The highest BCUT2D eigenvalue weighted by Crippen LogP contribution is 2.32. The van der Waals surface area contributed by atoms with Gasteiger partial charge in [-0.1, -0.05) is 12.1 Å². The van der Waals surface area contributed by atoms with Crippen LogP contribution in [0.25, 0.3) is 0 Å². The molecule has 1 saturated heterocycles. The minimum absolute atomic E-state index is 0.0104. The van der Waals surface area contributed by atoms with Gasteiger partial charge in [0.25, 0.3) is 5.91 Å². The average Bonchev–Trinajstić information content (AvgIpc) is 2.91. The van der Waals surface area contributed by atoms with E-state index in [1.165, 1.54) is 13.2 Å². The number of hydrogen-bond acceptors (Lipinski definition) is 8. The van der Waals surface area contributed by atoms with Crippen LogP contribution in [0, 0.1) is 0 Å². The van der Waals surface area contributed by atoms with Gasteiger partial charge < -0.3 is 15.4 Å². The van der Waals surface area contributed by atoms with E-state index < -0.39 is 21.8 Å². The molecule has 0 unspecified atom stereocenters. The highest BCUT2D eigenvalue weighted by Gasteiger charge is 2.35. The van der Waals surface area contributed by atoms with E-state index in [0.717, 1.165) is 23.4 Å². The minimum atomic E-state index is -4.70. The molecule has 0 radical (unpaired) electrons. The van der Waals surface area contributed by atoms with Crippen LogP contribution in [-0.2, 0) is 33.8 Å². The Kier molecular flexibility index (Phi) is 8.88. The van der Waals surface area contributed by atoms with Crippen LogP contribution in [0.2, 0.25) is 0 Å². The van der Waals surface area contributed by atoms with Gasteiger partial charge in [-0.2, -0.15) is 13.2 Å². The molecule has 1 aliphatic heterocycles. The number of sulfonamides is 1. The Morgan fingerprint density at radius 2 is 1.88 bits per heavy atom. The van der Waals surface area contributed by atoms with Crippen molar-refractivity contribution in [3.8, 4) is 0 Å². The first-order valence-electron chi connectivity index (χ1n) is 12.5. The van der Waals surface area contributed by atoms with Crippen molar-refractivity contribution in [2.75, 3.05) is 36.1 Å². The van der Waals surface area contributed by atoms with Crippen molar-refractivity contribution in [3.63, 3.8) is 0 Å². The summed E-state index contributed by atoms with van der Waals surface area (Å²) < 4.78 is 71.6. The van der Waals surface area contributed by atoms with Gasteiger partial charge >= 0.3 is 6.18 Å². The van der Waals surface area contributed by atoms with Crippen LogP contribution in [0.1, 0.15) is 40.0 Å². The molecule has 10 nitrogen and oxygen atoms in total. The summed E-state index contributed by atoms with van der Waals surface area (Å²) in [6.45, 7) is 1.16. The summed E-state index contributed by atoms with van der Waals surface area (Å²) in [5.41, 5.74) is -0.0166. The topological polar surface area (TPSA) is 126 Å². The summed E-state index contributed by atoms with van der Waals surface area (Å²) in [5, 5.41) is 5.84. The first-order chi connectivity index (χ1) is 18.9. The monoisotopic (exact) mass is 578 g/mol. The van der Waals surface area contributed by atoms with Gasteiger partial charge in [-0.25, -0.2) is 23.4 Å². The molecule has 0 saturated carbocycles. The molecule has 40 heavy (non-hydrogen) atoms. The van der Waals surface area contributed by atoms with Gasteiger partial charge in [-0.15, -0.1) is 0 Å². The molecule has 3 aromatic rings. The number of aryl methyl sites for hydroxylation is 2. The number of hydrogen-bond donors (Lipinski definition) is 2. The van der Waals surface area contributed by atoms with E-state index in [4.69, 9.17) is 4.74 Å². The molecule has 214 valence electrons. The minimum Gasteiger partial charge on any atom is -0.381 e. The van der Waals surface area contributed by atoms with E-state index >= 15 is 0 Å². The number of carbonyl (C=O) groups is 1. The number of benzene rings is 1. The Bertz CT molecular complexity index is 1460. The summed E-state index contributed by atoms with van der Waals surface area (Å²) in [4.78, 5) is 24.8. The number of halogens is 3. The quantitative estimate of drug-likeness (QED) is 0.394. The predicted octanol–water partition coefficient (Wildman–Crippen LogP) is 3.72. The van der Waals surface area contributed by atoms with Crippen LogP contribution >= 0.6 is 0 Å². The van der Waals surface area contributed by atoms with Gasteiger partial charge in [0.1, 0.15) is 5.82 Å². The molecule has 1 aromatic carbocycles. The number of ether oxygens (including phenoxy) is 1. The van der Waals surface area contributed by atoms with E-state index in [0.29, 0.717) is 36.2 Å². The Morgan fingerprint density at radius 1 is 1.12 bits per heavy atom. The Morgan fingerprint density at radius 3 is 2.58 bits per heavy atom. The van der Waals surface area contributed by atoms with Gasteiger partial charge in [-0.3, -0.25) is 9.10 Å². The number of rotatable bonds is 9. The fraction of sp³-hybridized carbons (Fsp3) is 0.385. The van der Waals surface area contributed by atoms with Crippen LogP contribution in [0.15, 0.2) is 48.8 Å². The molecule has 0 aliphatic carbocycles. The maximum Gasteiger partial charge on any atom is 0.419 e. The van der Waals surface area contributed by atoms with Crippen molar-refractivity contribution in [1.29, 1.82) is 0 Å². The molecule has 14 heteroatoms. The van der Waals surface area contributed by atoms with E-state index in [2.05, 4.69) is 25.6 Å². The second-order valence-corrected chi connectivity index (χ2v) is 11.3. The Hall–Kier alpha value is -3.78. The number of carbonyl (C=O) groups excluding carboxylic acids is 1. The molecule has 2 N–H and O–H groups in total. The average molecular weight is 579 g/mol. The van der Waals surface area contributed by atoms with Gasteiger partial charge in [0.15, 0.2) is 0 Å². The SMILES string of the molecule is CN(c1ncccc1CCc1nc(Nc2cccc(C(=O)NC3CCOCC3)c2)ncc1C(F)(F)F)S(C)(=O)=O. The highest BCUT2D eigenvalue weighted by molar-refractivity contribution is 7.92. The fourth-order valence-corrected chi connectivity index (χ4v) is 4.68. The normalized spacial score (nSPS) is 14.5. The third kappa shape index (κ3) is 7.45. The number of pyridine rings is 1. The lowest BCUT2D eigenvalue weighted by atomic mass is 10.1.